The minimum Gasteiger partial charge on any atom is -0.383 e. The number of nitrogens with two attached hydrogens (primary N) is 2. The summed E-state index contributed by atoms with van der Waals surface area (Å²) >= 11 is 0. The molecule has 0 aliphatic heterocycles. The molecule has 8 nitrogen and oxygen atoms in total. The number of anilines is 2. The fourth-order valence-electron chi connectivity index (χ4n) is 1.71. The summed E-state index contributed by atoms with van der Waals surface area (Å²) in [6, 6.07) is 0. The molecule has 0 radical (unpaired) electrons. The van der Waals surface area contributed by atoms with Crippen molar-refractivity contribution in [3.63, 3.8) is 0 Å². The summed E-state index contributed by atoms with van der Waals surface area (Å²) in [6.45, 7) is 2.60. The third kappa shape index (κ3) is 3.87. The zero-order chi connectivity index (χ0) is 14.4. The number of unbranched alkanes of at least 4 members (excludes halogenated alkanes) is 1. The van der Waals surface area contributed by atoms with E-state index in [9.17, 15) is 14.4 Å². The molecule has 0 saturated heterocycles. The summed E-state index contributed by atoms with van der Waals surface area (Å²) in [5.74, 6) is -0.233. The topological polar surface area (TPSA) is 136 Å². The lowest BCUT2D eigenvalue weighted by atomic mass is 10.2. The van der Waals surface area contributed by atoms with Crippen molar-refractivity contribution in [2.24, 2.45) is 5.73 Å². The highest BCUT2D eigenvalue weighted by molar-refractivity contribution is 5.73. The number of aromatic nitrogens is 2. The molecule has 0 fully saturated rings. The van der Waals surface area contributed by atoms with E-state index in [4.69, 9.17) is 11.5 Å². The van der Waals surface area contributed by atoms with Gasteiger partial charge in [-0.05, 0) is 19.8 Å². The van der Waals surface area contributed by atoms with Gasteiger partial charge in [-0.1, -0.05) is 0 Å². The highest BCUT2D eigenvalue weighted by atomic mass is 16.2. The zero-order valence-corrected chi connectivity index (χ0v) is 10.9. The van der Waals surface area contributed by atoms with Gasteiger partial charge in [0.1, 0.15) is 11.5 Å². The molecule has 1 rings (SSSR count). The predicted octanol–water partition coefficient (Wildman–Crippen LogP) is -0.794. The van der Waals surface area contributed by atoms with Crippen LogP contribution in [0.25, 0.3) is 0 Å². The third-order valence-corrected chi connectivity index (χ3v) is 2.71. The zero-order valence-electron chi connectivity index (χ0n) is 10.9. The average molecular weight is 269 g/mol. The van der Waals surface area contributed by atoms with Gasteiger partial charge in [0.2, 0.25) is 5.91 Å². The van der Waals surface area contributed by atoms with Gasteiger partial charge in [0.05, 0.1) is 0 Å². The van der Waals surface area contributed by atoms with E-state index in [1.54, 1.807) is 6.92 Å². The number of nitrogens with zero attached hydrogens (tertiary/aromatic N) is 1. The summed E-state index contributed by atoms with van der Waals surface area (Å²) in [5.41, 5.74) is 9.90. The second-order valence-corrected chi connectivity index (χ2v) is 4.11. The number of aromatic amines is 1. The molecule has 0 unspecified atom stereocenters. The van der Waals surface area contributed by atoms with E-state index in [0.717, 1.165) is 0 Å². The monoisotopic (exact) mass is 269 g/mol. The van der Waals surface area contributed by atoms with Crippen LogP contribution in [0.4, 0.5) is 11.5 Å². The number of hydrogen-bond acceptors (Lipinski definition) is 5. The van der Waals surface area contributed by atoms with Gasteiger partial charge < -0.3 is 16.8 Å². The van der Waals surface area contributed by atoms with Crippen LogP contribution in [0.5, 0.6) is 0 Å². The van der Waals surface area contributed by atoms with Crippen LogP contribution < -0.4 is 28.0 Å². The van der Waals surface area contributed by atoms with Gasteiger partial charge in [-0.2, -0.15) is 0 Å². The Hall–Kier alpha value is -2.25. The van der Waals surface area contributed by atoms with Gasteiger partial charge in [0, 0.05) is 19.5 Å². The lowest BCUT2D eigenvalue weighted by Gasteiger charge is -2.12. The van der Waals surface area contributed by atoms with Crippen molar-refractivity contribution >= 4 is 17.4 Å². The first-order valence-electron chi connectivity index (χ1n) is 6.12. The van der Waals surface area contributed by atoms with E-state index >= 15 is 0 Å². The van der Waals surface area contributed by atoms with E-state index < -0.39 is 11.2 Å². The number of amides is 1. The van der Waals surface area contributed by atoms with Crippen LogP contribution in [0.2, 0.25) is 0 Å². The first kappa shape index (κ1) is 14.8. The number of carbonyl (C=O) groups is 1. The summed E-state index contributed by atoms with van der Waals surface area (Å²) < 4.78 is 1.27. The summed E-state index contributed by atoms with van der Waals surface area (Å²) in [6.07, 6.45) is 1.61. The first-order valence-corrected chi connectivity index (χ1v) is 6.12. The lowest BCUT2D eigenvalue weighted by Crippen LogP contribution is -2.33. The summed E-state index contributed by atoms with van der Waals surface area (Å²) in [4.78, 5) is 35.8. The van der Waals surface area contributed by atoms with Gasteiger partial charge in [0.15, 0.2) is 0 Å². The number of carbonyl (C=O) groups excluding carboxylic acids is 1. The van der Waals surface area contributed by atoms with Crippen molar-refractivity contribution in [1.29, 1.82) is 0 Å². The summed E-state index contributed by atoms with van der Waals surface area (Å²) in [7, 11) is 0. The van der Waals surface area contributed by atoms with Crippen LogP contribution in [0.3, 0.4) is 0 Å². The van der Waals surface area contributed by atoms with Crippen LogP contribution in [0, 0.1) is 0 Å². The highest BCUT2D eigenvalue weighted by Crippen LogP contribution is 2.09. The van der Waals surface area contributed by atoms with Crippen LogP contribution in [-0.2, 0) is 11.3 Å². The number of primary amides is 1. The van der Waals surface area contributed by atoms with E-state index in [1.807, 2.05) is 0 Å². The molecule has 19 heavy (non-hydrogen) atoms. The molecular formula is C11H19N5O3. The van der Waals surface area contributed by atoms with E-state index in [1.165, 1.54) is 4.57 Å². The Kier molecular flexibility index (Phi) is 5.16. The predicted molar refractivity (Wildman–Crippen MR) is 72.9 cm³/mol. The molecule has 0 bridgehead atoms. The van der Waals surface area contributed by atoms with Gasteiger partial charge in [-0.25, -0.2) is 4.79 Å². The molecule has 0 aliphatic rings. The maximum atomic E-state index is 11.6. The minimum absolute atomic E-state index is 0.117. The molecule has 1 aromatic rings. The quantitative estimate of drug-likeness (QED) is 0.481. The van der Waals surface area contributed by atoms with Crippen molar-refractivity contribution in [2.45, 2.75) is 32.7 Å². The Labute approximate surface area is 109 Å². The van der Waals surface area contributed by atoms with Crippen LogP contribution in [-0.4, -0.2) is 22.0 Å². The second-order valence-electron chi connectivity index (χ2n) is 4.11. The molecule has 106 valence electrons. The average Bonchev–Trinajstić information content (AvgIpc) is 2.32. The molecule has 1 heterocycles. The fourth-order valence-corrected chi connectivity index (χ4v) is 1.71. The van der Waals surface area contributed by atoms with Crippen molar-refractivity contribution in [3.8, 4) is 0 Å². The van der Waals surface area contributed by atoms with Crippen molar-refractivity contribution in [1.82, 2.24) is 9.55 Å². The first-order chi connectivity index (χ1) is 8.97. The highest BCUT2D eigenvalue weighted by Gasteiger charge is 2.10. The number of nitrogen functional groups attached to an aromatic ring is 1. The van der Waals surface area contributed by atoms with Gasteiger partial charge >= 0.3 is 5.69 Å². The second kappa shape index (κ2) is 6.62. The molecular weight excluding hydrogens is 250 g/mol. The Morgan fingerprint density at radius 2 is 2.05 bits per heavy atom. The molecule has 0 atom stereocenters. The van der Waals surface area contributed by atoms with E-state index in [2.05, 4.69) is 10.3 Å². The van der Waals surface area contributed by atoms with Crippen LogP contribution in [0.1, 0.15) is 26.2 Å². The molecule has 0 aromatic carbocycles. The SMILES string of the molecule is CCn1c(N)c(NCCCCC(N)=O)c(=O)[nH]c1=O. The van der Waals surface area contributed by atoms with Crippen molar-refractivity contribution in [3.05, 3.63) is 20.8 Å². The summed E-state index contributed by atoms with van der Waals surface area (Å²) in [5, 5.41) is 2.88. The van der Waals surface area contributed by atoms with Gasteiger partial charge in [-0.3, -0.25) is 19.1 Å². The Balaban J connectivity index is 2.71. The Morgan fingerprint density at radius 3 is 2.63 bits per heavy atom. The standard InChI is InChI=1S/C11H19N5O3/c1-2-16-9(13)8(10(18)15-11(16)19)14-6-4-3-5-7(12)17/h14H,2-6,13H2,1H3,(H2,12,17)(H,15,18,19). The van der Waals surface area contributed by atoms with E-state index in [-0.39, 0.29) is 17.4 Å². The number of rotatable bonds is 7. The molecule has 8 heteroatoms. The largest absolute Gasteiger partial charge is 0.383 e. The number of H-pyrrole nitrogens is 1. The van der Waals surface area contributed by atoms with Crippen molar-refractivity contribution in [2.75, 3.05) is 17.6 Å². The molecule has 0 spiro atoms. The maximum Gasteiger partial charge on any atom is 0.330 e. The Morgan fingerprint density at radius 1 is 1.37 bits per heavy atom. The molecule has 1 aromatic heterocycles. The Bertz CT molecular complexity index is 560. The van der Waals surface area contributed by atoms with Crippen molar-refractivity contribution < 1.29 is 4.79 Å². The fraction of sp³-hybridized carbons (Fsp3) is 0.545. The molecule has 1 amide bonds. The van der Waals surface area contributed by atoms with E-state index in [0.29, 0.717) is 32.4 Å². The smallest absolute Gasteiger partial charge is 0.330 e. The molecule has 6 N–H and O–H groups in total. The van der Waals surface area contributed by atoms with Crippen LogP contribution in [0.15, 0.2) is 9.59 Å². The van der Waals surface area contributed by atoms with Gasteiger partial charge in [-0.15, -0.1) is 0 Å². The molecule has 0 aliphatic carbocycles. The third-order valence-electron chi connectivity index (χ3n) is 2.71. The minimum atomic E-state index is -0.540. The van der Waals surface area contributed by atoms with Gasteiger partial charge in [0.25, 0.3) is 5.56 Å². The molecule has 0 saturated carbocycles. The van der Waals surface area contributed by atoms with Crippen LogP contribution >= 0.6 is 0 Å². The number of hydrogen-bond donors (Lipinski definition) is 4. The maximum absolute atomic E-state index is 11.6. The normalized spacial score (nSPS) is 10.4. The number of nitrogens with one attached hydrogen (secondary N) is 2. The lowest BCUT2D eigenvalue weighted by molar-refractivity contribution is -0.118.